The van der Waals surface area contributed by atoms with Crippen molar-refractivity contribution >= 4 is 39.8 Å². The van der Waals surface area contributed by atoms with E-state index in [0.29, 0.717) is 35.0 Å². The number of halogens is 1. The molecule has 0 fully saturated rings. The first kappa shape index (κ1) is 19.7. The summed E-state index contributed by atoms with van der Waals surface area (Å²) in [6.45, 7) is 2.36. The third-order valence-electron chi connectivity index (χ3n) is 4.61. The van der Waals surface area contributed by atoms with Gasteiger partial charge in [0.25, 0.3) is 5.91 Å². The van der Waals surface area contributed by atoms with Crippen molar-refractivity contribution in [3.8, 4) is 5.75 Å². The van der Waals surface area contributed by atoms with E-state index in [2.05, 4.69) is 5.32 Å². The van der Waals surface area contributed by atoms with Crippen LogP contribution in [0.4, 0.5) is 5.00 Å². The summed E-state index contributed by atoms with van der Waals surface area (Å²) in [5.41, 5.74) is 8.04. The van der Waals surface area contributed by atoms with Crippen molar-refractivity contribution in [2.75, 3.05) is 11.9 Å². The second-order valence-electron chi connectivity index (χ2n) is 6.69. The van der Waals surface area contributed by atoms with Crippen LogP contribution in [0.1, 0.15) is 52.0 Å². The zero-order valence-electron chi connectivity index (χ0n) is 15.3. The fraction of sp³-hybridized carbons (Fsp3) is 0.400. The number of carbonyl (C=O) groups is 2. The number of thiophene rings is 1. The molecule has 2 amide bonds. The molecule has 27 heavy (non-hydrogen) atoms. The van der Waals surface area contributed by atoms with Crippen molar-refractivity contribution in [2.24, 2.45) is 5.73 Å². The average molecular weight is 407 g/mol. The summed E-state index contributed by atoms with van der Waals surface area (Å²) in [4.78, 5) is 25.3. The number of benzene rings is 1. The first-order valence-corrected chi connectivity index (χ1v) is 10.3. The van der Waals surface area contributed by atoms with E-state index in [1.165, 1.54) is 16.2 Å². The lowest BCUT2D eigenvalue weighted by Crippen LogP contribution is -2.18. The van der Waals surface area contributed by atoms with E-state index in [-0.39, 0.29) is 5.91 Å². The molecule has 144 valence electrons. The largest absolute Gasteiger partial charge is 0.493 e. The van der Waals surface area contributed by atoms with Crippen molar-refractivity contribution in [1.29, 1.82) is 0 Å². The van der Waals surface area contributed by atoms with Crippen molar-refractivity contribution in [1.82, 2.24) is 0 Å². The number of fused-ring (bicyclic) bond motifs is 1. The quantitative estimate of drug-likeness (QED) is 0.665. The van der Waals surface area contributed by atoms with Crippen LogP contribution in [-0.4, -0.2) is 18.4 Å². The Balaban J connectivity index is 1.54. The topological polar surface area (TPSA) is 81.4 Å². The number of ether oxygens (including phenoxy) is 1. The van der Waals surface area contributed by atoms with Gasteiger partial charge in [0.1, 0.15) is 10.8 Å². The van der Waals surface area contributed by atoms with Gasteiger partial charge >= 0.3 is 0 Å². The maximum atomic E-state index is 12.3. The molecule has 1 aromatic carbocycles. The Morgan fingerprint density at radius 2 is 2.07 bits per heavy atom. The Hall–Kier alpha value is -2.05. The Morgan fingerprint density at radius 3 is 2.81 bits per heavy atom. The SMILES string of the molecule is Cc1cc(Cl)ccc1OCCCC(=O)Nc1sc2c(c1C(N)=O)CCCC2. The summed E-state index contributed by atoms with van der Waals surface area (Å²) in [5, 5.41) is 4.13. The summed E-state index contributed by atoms with van der Waals surface area (Å²) in [5.74, 6) is 0.167. The van der Waals surface area contributed by atoms with E-state index in [1.807, 2.05) is 19.1 Å². The number of nitrogens with one attached hydrogen (secondary N) is 1. The molecule has 1 aliphatic rings. The second-order valence-corrected chi connectivity index (χ2v) is 8.23. The van der Waals surface area contributed by atoms with Crippen molar-refractivity contribution < 1.29 is 14.3 Å². The summed E-state index contributed by atoms with van der Waals surface area (Å²) in [6.07, 6.45) is 4.86. The number of anilines is 1. The summed E-state index contributed by atoms with van der Waals surface area (Å²) in [6, 6.07) is 5.45. The molecule has 2 aromatic rings. The Morgan fingerprint density at radius 1 is 1.30 bits per heavy atom. The minimum atomic E-state index is -0.466. The average Bonchev–Trinajstić information content (AvgIpc) is 2.98. The number of nitrogens with two attached hydrogens (primary N) is 1. The van der Waals surface area contributed by atoms with Gasteiger partial charge in [-0.05, 0) is 68.4 Å². The monoisotopic (exact) mass is 406 g/mol. The summed E-state index contributed by atoms with van der Waals surface area (Å²) in [7, 11) is 0. The first-order chi connectivity index (χ1) is 13.0. The summed E-state index contributed by atoms with van der Waals surface area (Å²) < 4.78 is 5.71. The van der Waals surface area contributed by atoms with Gasteiger partial charge in [-0.2, -0.15) is 0 Å². The van der Waals surface area contributed by atoms with Crippen molar-refractivity contribution in [3.05, 3.63) is 44.8 Å². The molecule has 0 unspecified atom stereocenters. The predicted octanol–water partition coefficient (Wildman–Crippen LogP) is 4.49. The van der Waals surface area contributed by atoms with Gasteiger partial charge in [0.2, 0.25) is 5.91 Å². The Kier molecular flexibility index (Phi) is 6.39. The zero-order chi connectivity index (χ0) is 19.4. The highest BCUT2D eigenvalue weighted by atomic mass is 35.5. The number of hydrogen-bond acceptors (Lipinski definition) is 4. The van der Waals surface area contributed by atoms with E-state index in [0.717, 1.165) is 42.6 Å². The van der Waals surface area contributed by atoms with Crippen LogP contribution < -0.4 is 15.8 Å². The van der Waals surface area contributed by atoms with E-state index < -0.39 is 5.91 Å². The van der Waals surface area contributed by atoms with Gasteiger partial charge in [-0.1, -0.05) is 11.6 Å². The Bertz CT molecular complexity index is 863. The molecule has 0 saturated heterocycles. The van der Waals surface area contributed by atoms with Crippen LogP contribution in [0.2, 0.25) is 5.02 Å². The van der Waals surface area contributed by atoms with Crippen LogP contribution in [0.25, 0.3) is 0 Å². The number of amides is 2. The molecular formula is C20H23ClN2O3S. The smallest absolute Gasteiger partial charge is 0.251 e. The molecule has 5 nitrogen and oxygen atoms in total. The van der Waals surface area contributed by atoms with E-state index in [9.17, 15) is 9.59 Å². The second kappa shape index (κ2) is 8.76. The fourth-order valence-corrected chi connectivity index (χ4v) is 4.83. The molecule has 7 heteroatoms. The number of primary amides is 1. The molecule has 0 bridgehead atoms. The molecule has 1 aromatic heterocycles. The number of rotatable bonds is 7. The molecule has 0 spiro atoms. The molecular weight excluding hydrogens is 384 g/mol. The van der Waals surface area contributed by atoms with E-state index >= 15 is 0 Å². The van der Waals surface area contributed by atoms with Crippen LogP contribution in [0.3, 0.4) is 0 Å². The van der Waals surface area contributed by atoms with Crippen LogP contribution in [0, 0.1) is 6.92 Å². The van der Waals surface area contributed by atoms with Gasteiger partial charge in [-0.25, -0.2) is 0 Å². The minimum absolute atomic E-state index is 0.132. The lowest BCUT2D eigenvalue weighted by molar-refractivity contribution is -0.116. The third-order valence-corrected chi connectivity index (χ3v) is 6.06. The molecule has 1 heterocycles. The van der Waals surface area contributed by atoms with Gasteiger partial charge in [-0.3, -0.25) is 9.59 Å². The molecule has 0 saturated carbocycles. The van der Waals surface area contributed by atoms with Crippen LogP contribution in [0.5, 0.6) is 5.75 Å². The number of aryl methyl sites for hydroxylation is 2. The van der Waals surface area contributed by atoms with E-state index in [1.54, 1.807) is 6.07 Å². The molecule has 0 aliphatic heterocycles. The maximum absolute atomic E-state index is 12.3. The Labute approximate surface area is 167 Å². The van der Waals surface area contributed by atoms with Crippen LogP contribution in [0.15, 0.2) is 18.2 Å². The lowest BCUT2D eigenvalue weighted by atomic mass is 9.95. The number of hydrogen-bond donors (Lipinski definition) is 2. The molecule has 3 N–H and O–H groups in total. The van der Waals surface area contributed by atoms with Gasteiger partial charge in [0.15, 0.2) is 0 Å². The van der Waals surface area contributed by atoms with Crippen LogP contribution >= 0.6 is 22.9 Å². The standard InChI is InChI=1S/C20H23ClN2O3S/c1-12-11-13(21)8-9-15(12)26-10-4-7-17(24)23-20-18(19(22)25)14-5-2-3-6-16(14)27-20/h8-9,11H,2-7,10H2,1H3,(H2,22,25)(H,23,24). The molecule has 0 atom stereocenters. The van der Waals surface area contributed by atoms with Crippen LogP contribution in [-0.2, 0) is 17.6 Å². The normalized spacial score (nSPS) is 13.1. The highest BCUT2D eigenvalue weighted by molar-refractivity contribution is 7.17. The zero-order valence-corrected chi connectivity index (χ0v) is 16.8. The first-order valence-electron chi connectivity index (χ1n) is 9.09. The molecule has 0 radical (unpaired) electrons. The van der Waals surface area contributed by atoms with Crippen molar-refractivity contribution in [3.63, 3.8) is 0 Å². The maximum Gasteiger partial charge on any atom is 0.251 e. The molecule has 3 rings (SSSR count). The van der Waals surface area contributed by atoms with Crippen molar-refractivity contribution in [2.45, 2.75) is 45.4 Å². The van der Waals surface area contributed by atoms with Gasteiger partial charge in [-0.15, -0.1) is 11.3 Å². The highest BCUT2D eigenvalue weighted by Crippen LogP contribution is 2.38. The number of carbonyl (C=O) groups excluding carboxylic acids is 2. The predicted molar refractivity (Wildman–Crippen MR) is 109 cm³/mol. The summed E-state index contributed by atoms with van der Waals surface area (Å²) >= 11 is 7.41. The minimum Gasteiger partial charge on any atom is -0.493 e. The third kappa shape index (κ3) is 4.82. The van der Waals surface area contributed by atoms with Gasteiger partial charge in [0.05, 0.1) is 12.2 Å². The van der Waals surface area contributed by atoms with Gasteiger partial charge < -0.3 is 15.8 Å². The van der Waals surface area contributed by atoms with E-state index in [4.69, 9.17) is 22.1 Å². The molecule has 1 aliphatic carbocycles. The highest BCUT2D eigenvalue weighted by Gasteiger charge is 2.24. The lowest BCUT2D eigenvalue weighted by Gasteiger charge is -2.11. The fourth-order valence-electron chi connectivity index (χ4n) is 3.29. The van der Waals surface area contributed by atoms with Gasteiger partial charge in [0, 0.05) is 16.3 Å².